The summed E-state index contributed by atoms with van der Waals surface area (Å²) in [6.07, 6.45) is -0.993. The van der Waals surface area contributed by atoms with E-state index in [0.29, 0.717) is 16.9 Å². The smallest absolute Gasteiger partial charge is 0.433 e. The van der Waals surface area contributed by atoms with Gasteiger partial charge in [-0.15, -0.1) is 11.8 Å². The van der Waals surface area contributed by atoms with Crippen LogP contribution in [0, 0.1) is 21.4 Å². The maximum atomic E-state index is 12.7. The predicted molar refractivity (Wildman–Crippen MR) is 125 cm³/mol. The fraction of sp³-hybridized carbons (Fsp3) is 0.478. The number of β-lactam (4-membered cyclic amide) rings is 1. The van der Waals surface area contributed by atoms with E-state index in [1.807, 2.05) is 0 Å². The molecule has 0 aliphatic carbocycles. The number of benzene rings is 1. The van der Waals surface area contributed by atoms with Gasteiger partial charge >= 0.3 is 18.1 Å². The number of hydrogen-bond acceptors (Lipinski definition) is 11. The van der Waals surface area contributed by atoms with Crippen molar-refractivity contribution in [3.63, 3.8) is 0 Å². The van der Waals surface area contributed by atoms with Crippen LogP contribution in [-0.2, 0) is 39.9 Å². The van der Waals surface area contributed by atoms with E-state index in [1.54, 1.807) is 27.7 Å². The minimum atomic E-state index is -0.993. The van der Waals surface area contributed by atoms with Crippen molar-refractivity contribution in [1.29, 1.82) is 0 Å². The van der Waals surface area contributed by atoms with Gasteiger partial charge in [0.05, 0.1) is 15.7 Å². The summed E-state index contributed by atoms with van der Waals surface area (Å²) in [4.78, 5) is 60.6. The van der Waals surface area contributed by atoms with Gasteiger partial charge in [-0.25, -0.2) is 9.59 Å². The van der Waals surface area contributed by atoms with Crippen molar-refractivity contribution in [1.82, 2.24) is 4.90 Å². The van der Waals surface area contributed by atoms with Crippen LogP contribution in [0.4, 0.5) is 10.5 Å². The molecular formula is C23H26N2O10S. The molecule has 3 rings (SSSR count). The molecule has 2 aliphatic heterocycles. The monoisotopic (exact) mass is 522 g/mol. The minimum Gasteiger partial charge on any atom is -0.433 e. The molecular weight excluding hydrogens is 496 g/mol. The van der Waals surface area contributed by atoms with Crippen LogP contribution in [-0.4, -0.2) is 58.4 Å². The average molecular weight is 523 g/mol. The minimum absolute atomic E-state index is 0.0854. The van der Waals surface area contributed by atoms with E-state index in [-0.39, 0.29) is 24.6 Å². The number of non-ortho nitro benzene ring substituents is 1. The van der Waals surface area contributed by atoms with E-state index < -0.39 is 52.4 Å². The molecule has 0 radical (unpaired) electrons. The van der Waals surface area contributed by atoms with Gasteiger partial charge in [0.1, 0.15) is 24.8 Å². The molecule has 12 nitrogen and oxygen atoms in total. The lowest BCUT2D eigenvalue weighted by atomic mass is 9.96. The lowest BCUT2D eigenvalue weighted by molar-refractivity contribution is -0.384. The molecule has 2 atom stereocenters. The van der Waals surface area contributed by atoms with Crippen LogP contribution in [0.1, 0.15) is 33.3 Å². The second-order valence-electron chi connectivity index (χ2n) is 9.15. The van der Waals surface area contributed by atoms with Crippen molar-refractivity contribution in [3.05, 3.63) is 51.2 Å². The molecule has 0 bridgehead atoms. The SMILES string of the molecule is CC1=C(C(=O)OCOC(=O)C(C)(C)C)N2C(=O)[C@H](COC(=O)OCc3ccc([N+](=O)[O-])cc3)[C@@H]2SC1. The van der Waals surface area contributed by atoms with Crippen molar-refractivity contribution in [3.8, 4) is 0 Å². The number of nitro benzene ring substituents is 1. The number of ether oxygens (including phenoxy) is 4. The fourth-order valence-electron chi connectivity index (χ4n) is 3.34. The van der Waals surface area contributed by atoms with Crippen molar-refractivity contribution in [2.24, 2.45) is 11.3 Å². The number of nitro groups is 1. The van der Waals surface area contributed by atoms with Crippen LogP contribution >= 0.6 is 11.8 Å². The first-order chi connectivity index (χ1) is 16.9. The summed E-state index contributed by atoms with van der Waals surface area (Å²) in [6.45, 7) is 5.73. The lowest BCUT2D eigenvalue weighted by Gasteiger charge is -2.49. The molecule has 2 heterocycles. The largest absolute Gasteiger partial charge is 0.508 e. The zero-order valence-electron chi connectivity index (χ0n) is 20.2. The van der Waals surface area contributed by atoms with Gasteiger partial charge in [-0.3, -0.25) is 24.6 Å². The van der Waals surface area contributed by atoms with Crippen LogP contribution in [0.3, 0.4) is 0 Å². The maximum absolute atomic E-state index is 12.7. The van der Waals surface area contributed by atoms with Crippen LogP contribution in [0.25, 0.3) is 0 Å². The van der Waals surface area contributed by atoms with E-state index in [0.717, 1.165) is 0 Å². The van der Waals surface area contributed by atoms with Gasteiger partial charge in [0.15, 0.2) is 0 Å². The van der Waals surface area contributed by atoms with Gasteiger partial charge < -0.3 is 18.9 Å². The summed E-state index contributed by atoms with van der Waals surface area (Å²) in [7, 11) is 0. The van der Waals surface area contributed by atoms with Gasteiger partial charge in [-0.1, -0.05) is 0 Å². The highest BCUT2D eigenvalue weighted by molar-refractivity contribution is 8.00. The Kier molecular flexibility index (Phi) is 8.23. The number of carbonyl (C=O) groups excluding carboxylic acids is 4. The van der Waals surface area contributed by atoms with Crippen molar-refractivity contribution >= 4 is 41.5 Å². The van der Waals surface area contributed by atoms with E-state index in [4.69, 9.17) is 18.9 Å². The highest BCUT2D eigenvalue weighted by atomic mass is 32.2. The molecule has 1 aromatic carbocycles. The normalized spacial score (nSPS) is 19.1. The lowest BCUT2D eigenvalue weighted by Crippen LogP contribution is -2.62. The standard InChI is InChI=1S/C23H26N2O10S/c1-13-11-36-19-16(10-33-22(29)32-9-14-5-7-15(8-6-14)25(30)31)18(26)24(19)17(13)20(27)34-12-35-21(28)23(2,3)4/h5-8,16,19H,9-12H2,1-4H3/t16-,19-/m0/s1. The summed E-state index contributed by atoms with van der Waals surface area (Å²) < 4.78 is 20.1. The van der Waals surface area contributed by atoms with Crippen LogP contribution in [0.2, 0.25) is 0 Å². The summed E-state index contributed by atoms with van der Waals surface area (Å²) in [5, 5.41) is 10.3. The number of esters is 2. The third kappa shape index (κ3) is 6.14. The molecule has 194 valence electrons. The van der Waals surface area contributed by atoms with E-state index in [9.17, 15) is 29.3 Å². The zero-order chi connectivity index (χ0) is 26.6. The topological polar surface area (TPSA) is 152 Å². The number of nitrogens with zero attached hydrogens (tertiary/aromatic N) is 2. The fourth-order valence-corrected chi connectivity index (χ4v) is 4.68. The van der Waals surface area contributed by atoms with Gasteiger partial charge in [0.25, 0.3) is 5.69 Å². The van der Waals surface area contributed by atoms with E-state index in [1.165, 1.54) is 40.9 Å². The highest BCUT2D eigenvalue weighted by Crippen LogP contribution is 2.44. The molecule has 1 aromatic rings. The molecule has 0 saturated carbocycles. The molecule has 0 aromatic heterocycles. The Labute approximate surface area is 211 Å². The zero-order valence-corrected chi connectivity index (χ0v) is 21.0. The van der Waals surface area contributed by atoms with Crippen LogP contribution in [0.5, 0.6) is 0 Å². The Morgan fingerprint density at radius 1 is 1.11 bits per heavy atom. The molecule has 0 spiro atoms. The number of hydrogen-bond donors (Lipinski definition) is 0. The number of rotatable bonds is 8. The summed E-state index contributed by atoms with van der Waals surface area (Å²) in [5.41, 5.74) is 0.421. The number of fused-ring (bicyclic) bond motifs is 1. The molecule has 1 amide bonds. The van der Waals surface area contributed by atoms with E-state index in [2.05, 4.69) is 0 Å². The van der Waals surface area contributed by atoms with E-state index >= 15 is 0 Å². The summed E-state index contributed by atoms with van der Waals surface area (Å²) in [6, 6.07) is 5.49. The van der Waals surface area contributed by atoms with Gasteiger partial charge in [0, 0.05) is 17.9 Å². The predicted octanol–water partition coefficient (Wildman–Crippen LogP) is 3.14. The van der Waals surface area contributed by atoms with Gasteiger partial charge in [0.2, 0.25) is 12.7 Å². The molecule has 0 unspecified atom stereocenters. The molecule has 1 fully saturated rings. The van der Waals surface area contributed by atoms with Crippen molar-refractivity contribution in [2.75, 3.05) is 19.2 Å². The van der Waals surface area contributed by atoms with Crippen molar-refractivity contribution < 1.29 is 43.0 Å². The number of carbonyl (C=O) groups is 4. The third-order valence-corrected chi connectivity index (χ3v) is 6.82. The Morgan fingerprint density at radius 3 is 2.39 bits per heavy atom. The maximum Gasteiger partial charge on any atom is 0.508 e. The Balaban J connectivity index is 1.48. The first-order valence-corrected chi connectivity index (χ1v) is 12.0. The van der Waals surface area contributed by atoms with Gasteiger partial charge in [-0.05, 0) is 51.0 Å². The van der Waals surface area contributed by atoms with Crippen LogP contribution in [0.15, 0.2) is 35.5 Å². The summed E-state index contributed by atoms with van der Waals surface area (Å²) >= 11 is 1.42. The Hall–Kier alpha value is -3.61. The molecule has 2 aliphatic rings. The van der Waals surface area contributed by atoms with Gasteiger partial charge in [-0.2, -0.15) is 0 Å². The third-order valence-electron chi connectivity index (χ3n) is 5.34. The molecule has 0 N–H and O–H groups in total. The summed E-state index contributed by atoms with van der Waals surface area (Å²) in [5.74, 6) is -1.93. The second kappa shape index (κ2) is 11.0. The first-order valence-electron chi connectivity index (χ1n) is 10.9. The second-order valence-corrected chi connectivity index (χ2v) is 10.3. The van der Waals surface area contributed by atoms with Crippen molar-refractivity contribution in [2.45, 2.75) is 39.7 Å². The highest BCUT2D eigenvalue weighted by Gasteiger charge is 2.53. The molecule has 36 heavy (non-hydrogen) atoms. The first kappa shape index (κ1) is 27.0. The molecule has 13 heteroatoms. The average Bonchev–Trinajstić information content (AvgIpc) is 2.82. The number of thioether (sulfide) groups is 1. The quantitative estimate of drug-likeness (QED) is 0.163. The number of amides is 1. The molecule has 1 saturated heterocycles. The van der Waals surface area contributed by atoms with Crippen LogP contribution < -0.4 is 0 Å². The Morgan fingerprint density at radius 2 is 1.78 bits per heavy atom. The Bertz CT molecular complexity index is 1090.